The molecule has 0 spiro atoms. The van der Waals surface area contributed by atoms with Crippen LogP contribution in [0, 0.1) is 13.8 Å². The molecule has 6 heteroatoms. The topological polar surface area (TPSA) is 94.0 Å². The number of nitrogens with two attached hydrogens (primary N) is 1. The van der Waals surface area contributed by atoms with Crippen molar-refractivity contribution >= 4 is 11.6 Å². The Morgan fingerprint density at radius 3 is 2.89 bits per heavy atom. The van der Waals surface area contributed by atoms with Crippen LogP contribution in [0.4, 0.5) is 5.69 Å². The van der Waals surface area contributed by atoms with Crippen molar-refractivity contribution in [1.82, 2.24) is 15.3 Å². The second-order valence-electron chi connectivity index (χ2n) is 3.91. The Labute approximate surface area is 104 Å². The molecular formula is C12H14N4O2. The number of nitrogens with zero attached hydrogens (tertiary/aromatic N) is 2. The highest BCUT2D eigenvalue weighted by molar-refractivity contribution is 5.92. The number of aromatic nitrogens is 2. The molecule has 2 aromatic heterocycles. The number of aryl methyl sites for hydroxylation is 2. The molecule has 0 aliphatic heterocycles. The predicted molar refractivity (Wildman–Crippen MR) is 65.8 cm³/mol. The number of carbonyl (C=O) groups is 1. The zero-order valence-electron chi connectivity index (χ0n) is 10.2. The zero-order valence-corrected chi connectivity index (χ0v) is 10.2. The van der Waals surface area contributed by atoms with Crippen LogP contribution in [-0.2, 0) is 6.54 Å². The fourth-order valence-electron chi connectivity index (χ4n) is 1.43. The van der Waals surface area contributed by atoms with Crippen LogP contribution in [0.5, 0.6) is 0 Å². The van der Waals surface area contributed by atoms with Crippen LogP contribution >= 0.6 is 0 Å². The molecule has 0 aromatic carbocycles. The zero-order chi connectivity index (χ0) is 13.1. The molecule has 6 nitrogen and oxygen atoms in total. The van der Waals surface area contributed by atoms with Gasteiger partial charge in [0.15, 0.2) is 0 Å². The van der Waals surface area contributed by atoms with E-state index in [2.05, 4.69) is 15.3 Å². The summed E-state index contributed by atoms with van der Waals surface area (Å²) in [6.45, 7) is 3.90. The fraction of sp³-hybridized carbons (Fsp3) is 0.250. The van der Waals surface area contributed by atoms with Gasteiger partial charge in [-0.3, -0.25) is 9.78 Å². The van der Waals surface area contributed by atoms with E-state index < -0.39 is 0 Å². The summed E-state index contributed by atoms with van der Waals surface area (Å²) in [5, 5.41) is 2.67. The molecule has 0 aliphatic carbocycles. The molecule has 0 aliphatic rings. The summed E-state index contributed by atoms with van der Waals surface area (Å²) in [5.41, 5.74) is 7.17. The second kappa shape index (κ2) is 4.87. The Bertz CT molecular complexity index is 558. The summed E-state index contributed by atoms with van der Waals surface area (Å²) in [6.07, 6.45) is 1.49. The largest absolute Gasteiger partial charge is 0.444 e. The normalized spacial score (nSPS) is 10.3. The highest BCUT2D eigenvalue weighted by Crippen LogP contribution is 2.08. The first-order valence-electron chi connectivity index (χ1n) is 5.49. The number of hydrogen-bond acceptors (Lipinski definition) is 5. The number of anilines is 1. The highest BCUT2D eigenvalue weighted by atomic mass is 16.4. The molecule has 2 aromatic rings. The number of carbonyl (C=O) groups excluding carboxylic acids is 1. The maximum absolute atomic E-state index is 11.8. The van der Waals surface area contributed by atoms with Crippen molar-refractivity contribution in [3.8, 4) is 0 Å². The van der Waals surface area contributed by atoms with Crippen LogP contribution in [0.2, 0.25) is 0 Å². The van der Waals surface area contributed by atoms with Crippen LogP contribution in [0.1, 0.15) is 27.8 Å². The number of nitrogen functional groups attached to an aromatic ring is 1. The first kappa shape index (κ1) is 12.1. The Morgan fingerprint density at radius 1 is 1.50 bits per heavy atom. The molecule has 2 heterocycles. The fourth-order valence-corrected chi connectivity index (χ4v) is 1.43. The second-order valence-corrected chi connectivity index (χ2v) is 3.91. The summed E-state index contributed by atoms with van der Waals surface area (Å²) in [6, 6.07) is 3.14. The smallest absolute Gasteiger partial charge is 0.270 e. The third-order valence-corrected chi connectivity index (χ3v) is 2.49. The molecule has 0 unspecified atom stereocenters. The van der Waals surface area contributed by atoms with Crippen molar-refractivity contribution in [1.29, 1.82) is 0 Å². The van der Waals surface area contributed by atoms with Crippen molar-refractivity contribution in [2.75, 3.05) is 5.73 Å². The van der Waals surface area contributed by atoms with E-state index in [-0.39, 0.29) is 18.1 Å². The van der Waals surface area contributed by atoms with Crippen LogP contribution in [0.25, 0.3) is 0 Å². The quantitative estimate of drug-likeness (QED) is 0.848. The lowest BCUT2D eigenvalue weighted by Gasteiger charge is -2.02. The molecule has 3 N–H and O–H groups in total. The van der Waals surface area contributed by atoms with Gasteiger partial charge < -0.3 is 15.5 Å². The predicted octanol–water partition coefficient (Wildman–Crippen LogP) is 1.20. The summed E-state index contributed by atoms with van der Waals surface area (Å²) in [7, 11) is 0. The lowest BCUT2D eigenvalue weighted by atomic mass is 10.3. The van der Waals surface area contributed by atoms with Gasteiger partial charge in [-0.15, -0.1) is 0 Å². The average molecular weight is 246 g/mol. The van der Waals surface area contributed by atoms with E-state index in [1.54, 1.807) is 6.07 Å². The number of hydrogen-bond donors (Lipinski definition) is 2. The minimum Gasteiger partial charge on any atom is -0.444 e. The van der Waals surface area contributed by atoms with Gasteiger partial charge in [0.1, 0.15) is 11.5 Å². The molecule has 0 radical (unpaired) electrons. The Morgan fingerprint density at radius 2 is 2.28 bits per heavy atom. The van der Waals surface area contributed by atoms with E-state index in [4.69, 9.17) is 10.2 Å². The molecule has 0 bridgehead atoms. The van der Waals surface area contributed by atoms with Gasteiger partial charge in [-0.05, 0) is 26.0 Å². The summed E-state index contributed by atoms with van der Waals surface area (Å²) in [5.74, 6) is 0.916. The monoisotopic (exact) mass is 246 g/mol. The van der Waals surface area contributed by atoms with Gasteiger partial charge in [0.2, 0.25) is 5.89 Å². The van der Waals surface area contributed by atoms with Crippen molar-refractivity contribution in [2.24, 2.45) is 0 Å². The van der Waals surface area contributed by atoms with Crippen LogP contribution in [0.15, 0.2) is 22.7 Å². The third-order valence-electron chi connectivity index (χ3n) is 2.49. The minimum absolute atomic E-state index is 0.226. The Hall–Kier alpha value is -2.37. The molecule has 0 saturated heterocycles. The number of oxazole rings is 1. The van der Waals surface area contributed by atoms with Gasteiger partial charge in [-0.2, -0.15) is 0 Å². The van der Waals surface area contributed by atoms with E-state index in [1.165, 1.54) is 12.3 Å². The number of pyridine rings is 1. The van der Waals surface area contributed by atoms with E-state index in [0.717, 1.165) is 11.5 Å². The maximum atomic E-state index is 11.8. The van der Waals surface area contributed by atoms with Crippen molar-refractivity contribution in [3.05, 3.63) is 41.4 Å². The van der Waals surface area contributed by atoms with Crippen molar-refractivity contribution in [2.45, 2.75) is 20.4 Å². The first-order valence-corrected chi connectivity index (χ1v) is 5.49. The highest BCUT2D eigenvalue weighted by Gasteiger charge is 2.10. The van der Waals surface area contributed by atoms with Gasteiger partial charge in [0.25, 0.3) is 5.91 Å². The molecule has 0 atom stereocenters. The SMILES string of the molecule is Cc1nc(CNC(=O)c2cc(N)ccn2)oc1C. The lowest BCUT2D eigenvalue weighted by molar-refractivity contribution is 0.0942. The maximum Gasteiger partial charge on any atom is 0.270 e. The van der Waals surface area contributed by atoms with E-state index in [9.17, 15) is 4.79 Å². The number of amides is 1. The van der Waals surface area contributed by atoms with E-state index >= 15 is 0 Å². The summed E-state index contributed by atoms with van der Waals surface area (Å²) >= 11 is 0. The standard InChI is InChI=1S/C12H14N4O2/c1-7-8(2)18-11(16-7)6-15-12(17)10-5-9(13)3-4-14-10/h3-5H,6H2,1-2H3,(H2,13,14)(H,15,17). The van der Waals surface area contributed by atoms with Crippen LogP contribution in [-0.4, -0.2) is 15.9 Å². The van der Waals surface area contributed by atoms with Crippen molar-refractivity contribution in [3.63, 3.8) is 0 Å². The third kappa shape index (κ3) is 2.65. The number of nitrogens with one attached hydrogen (secondary N) is 1. The molecule has 94 valence electrons. The van der Waals surface area contributed by atoms with Gasteiger partial charge in [-0.1, -0.05) is 0 Å². The molecule has 1 amide bonds. The lowest BCUT2D eigenvalue weighted by Crippen LogP contribution is -2.24. The van der Waals surface area contributed by atoms with Gasteiger partial charge >= 0.3 is 0 Å². The molecule has 2 rings (SSSR count). The van der Waals surface area contributed by atoms with E-state index in [0.29, 0.717) is 11.6 Å². The summed E-state index contributed by atoms with van der Waals surface area (Å²) < 4.78 is 5.35. The first-order chi connectivity index (χ1) is 8.56. The van der Waals surface area contributed by atoms with Gasteiger partial charge in [-0.25, -0.2) is 4.98 Å². The molecular weight excluding hydrogens is 232 g/mol. The average Bonchev–Trinajstić information content (AvgIpc) is 2.66. The van der Waals surface area contributed by atoms with Gasteiger partial charge in [0.05, 0.1) is 12.2 Å². The van der Waals surface area contributed by atoms with E-state index in [1.807, 2.05) is 13.8 Å². The van der Waals surface area contributed by atoms with Crippen LogP contribution in [0.3, 0.4) is 0 Å². The summed E-state index contributed by atoms with van der Waals surface area (Å²) in [4.78, 5) is 19.9. The van der Waals surface area contributed by atoms with Gasteiger partial charge in [0, 0.05) is 11.9 Å². The molecule has 0 fully saturated rings. The minimum atomic E-state index is -0.309. The van der Waals surface area contributed by atoms with Crippen LogP contribution < -0.4 is 11.1 Å². The Kier molecular flexibility index (Phi) is 3.27. The van der Waals surface area contributed by atoms with Crippen molar-refractivity contribution < 1.29 is 9.21 Å². The number of rotatable bonds is 3. The molecule has 0 saturated carbocycles. The Balaban J connectivity index is 2.00. The molecule has 18 heavy (non-hydrogen) atoms.